The number of methoxy groups -OCH3 is 1. The Morgan fingerprint density at radius 2 is 2.37 bits per heavy atom. The highest BCUT2D eigenvalue weighted by atomic mass is 16.5. The van der Waals surface area contributed by atoms with Crippen molar-refractivity contribution in [3.8, 4) is 11.3 Å². The normalized spacial score (nSPS) is 12.3. The molecular formula is C12H14N4O3. The maximum atomic E-state index is 11.2. The number of hydrogen-bond acceptors (Lipinski definition) is 5. The van der Waals surface area contributed by atoms with Crippen LogP contribution in [0.1, 0.15) is 23.5 Å². The highest BCUT2D eigenvalue weighted by Crippen LogP contribution is 2.24. The second-order valence-corrected chi connectivity index (χ2v) is 4.08. The van der Waals surface area contributed by atoms with Gasteiger partial charge in [0, 0.05) is 25.1 Å². The first kappa shape index (κ1) is 13.2. The van der Waals surface area contributed by atoms with Crippen molar-refractivity contribution >= 4 is 5.97 Å². The molecule has 7 heteroatoms. The van der Waals surface area contributed by atoms with Crippen molar-refractivity contribution in [2.45, 2.75) is 13.0 Å². The van der Waals surface area contributed by atoms with Crippen molar-refractivity contribution in [1.29, 1.82) is 0 Å². The lowest BCUT2D eigenvalue weighted by Crippen LogP contribution is -2.14. The van der Waals surface area contributed by atoms with E-state index in [2.05, 4.69) is 15.3 Å². The largest absolute Gasteiger partial charge is 0.476 e. The Kier molecular flexibility index (Phi) is 3.86. The van der Waals surface area contributed by atoms with Crippen molar-refractivity contribution in [1.82, 2.24) is 20.0 Å². The van der Waals surface area contributed by atoms with Gasteiger partial charge in [0.2, 0.25) is 0 Å². The minimum Gasteiger partial charge on any atom is -0.476 e. The molecule has 0 aliphatic carbocycles. The summed E-state index contributed by atoms with van der Waals surface area (Å²) in [5, 5.41) is 16.8. The predicted molar refractivity (Wildman–Crippen MR) is 66.8 cm³/mol. The standard InChI is InChI=1S/C12H14N4O3/c1-8(7-19-2)16-11(9-4-3-5-13-6-9)10(12(17)18)14-15-16/h3-6,8H,7H2,1-2H3,(H,17,18). The van der Waals surface area contributed by atoms with Crippen LogP contribution >= 0.6 is 0 Å². The molecule has 1 unspecified atom stereocenters. The molecule has 0 aromatic carbocycles. The van der Waals surface area contributed by atoms with Crippen molar-refractivity contribution < 1.29 is 14.6 Å². The zero-order valence-corrected chi connectivity index (χ0v) is 10.6. The van der Waals surface area contributed by atoms with Crippen LogP contribution in [0, 0.1) is 0 Å². The summed E-state index contributed by atoms with van der Waals surface area (Å²) in [6.45, 7) is 2.29. The quantitative estimate of drug-likeness (QED) is 0.872. The lowest BCUT2D eigenvalue weighted by molar-refractivity contribution is 0.0691. The van der Waals surface area contributed by atoms with Crippen LogP contribution in [0.3, 0.4) is 0 Å². The molecule has 0 spiro atoms. The number of pyridine rings is 1. The van der Waals surface area contributed by atoms with Gasteiger partial charge in [-0.2, -0.15) is 0 Å². The van der Waals surface area contributed by atoms with Crippen LogP contribution < -0.4 is 0 Å². The van der Waals surface area contributed by atoms with E-state index in [1.54, 1.807) is 36.3 Å². The van der Waals surface area contributed by atoms with E-state index in [1.165, 1.54) is 0 Å². The zero-order chi connectivity index (χ0) is 13.8. The summed E-state index contributed by atoms with van der Waals surface area (Å²) in [4.78, 5) is 15.2. The summed E-state index contributed by atoms with van der Waals surface area (Å²) in [5.41, 5.74) is 1.01. The Morgan fingerprint density at radius 1 is 1.58 bits per heavy atom. The molecule has 1 N–H and O–H groups in total. The minimum absolute atomic E-state index is 0.0871. The zero-order valence-electron chi connectivity index (χ0n) is 10.6. The van der Waals surface area contributed by atoms with Gasteiger partial charge in [0.1, 0.15) is 5.69 Å². The van der Waals surface area contributed by atoms with Crippen LogP contribution in [0.5, 0.6) is 0 Å². The molecule has 2 aromatic heterocycles. The van der Waals surface area contributed by atoms with E-state index in [9.17, 15) is 9.90 Å². The first-order chi connectivity index (χ1) is 9.15. The second-order valence-electron chi connectivity index (χ2n) is 4.08. The van der Waals surface area contributed by atoms with Gasteiger partial charge >= 0.3 is 5.97 Å². The van der Waals surface area contributed by atoms with Crippen molar-refractivity contribution in [3.05, 3.63) is 30.2 Å². The van der Waals surface area contributed by atoms with Crippen LogP contribution in [0.15, 0.2) is 24.5 Å². The van der Waals surface area contributed by atoms with Crippen LogP contribution in [0.25, 0.3) is 11.3 Å². The Hall–Kier alpha value is -2.28. The monoisotopic (exact) mass is 262 g/mol. The Bertz CT molecular complexity index is 568. The third-order valence-corrected chi connectivity index (χ3v) is 2.66. The molecule has 0 bridgehead atoms. The van der Waals surface area contributed by atoms with Crippen molar-refractivity contribution in [2.75, 3.05) is 13.7 Å². The number of rotatable bonds is 5. The molecule has 0 saturated heterocycles. The summed E-state index contributed by atoms with van der Waals surface area (Å²) >= 11 is 0. The Morgan fingerprint density at radius 3 is 2.95 bits per heavy atom. The molecule has 2 heterocycles. The fraction of sp³-hybridized carbons (Fsp3) is 0.333. The van der Waals surface area contributed by atoms with E-state index in [4.69, 9.17) is 4.74 Å². The van der Waals surface area contributed by atoms with Gasteiger partial charge in [-0.15, -0.1) is 5.10 Å². The van der Waals surface area contributed by atoms with Gasteiger partial charge in [0.05, 0.1) is 12.6 Å². The van der Waals surface area contributed by atoms with Crippen LogP contribution in [0.4, 0.5) is 0 Å². The van der Waals surface area contributed by atoms with Crippen LogP contribution in [0.2, 0.25) is 0 Å². The fourth-order valence-electron chi connectivity index (χ4n) is 1.83. The van der Waals surface area contributed by atoms with Gasteiger partial charge in [-0.1, -0.05) is 5.21 Å². The molecule has 7 nitrogen and oxygen atoms in total. The third kappa shape index (κ3) is 2.60. The molecule has 2 rings (SSSR count). The average molecular weight is 262 g/mol. The molecule has 0 aliphatic heterocycles. The summed E-state index contributed by atoms with van der Waals surface area (Å²) in [7, 11) is 1.58. The molecule has 2 aromatic rings. The van der Waals surface area contributed by atoms with Gasteiger partial charge < -0.3 is 9.84 Å². The van der Waals surface area contributed by atoms with Gasteiger partial charge in [-0.05, 0) is 19.1 Å². The fourth-order valence-corrected chi connectivity index (χ4v) is 1.83. The second kappa shape index (κ2) is 5.57. The number of carboxylic acid groups (broad SMARTS) is 1. The van der Waals surface area contributed by atoms with Crippen molar-refractivity contribution in [3.63, 3.8) is 0 Å². The van der Waals surface area contributed by atoms with Crippen LogP contribution in [-0.2, 0) is 4.74 Å². The smallest absolute Gasteiger partial charge is 0.358 e. The number of nitrogens with zero attached hydrogens (tertiary/aromatic N) is 4. The molecule has 0 saturated carbocycles. The SMILES string of the molecule is COCC(C)n1nnc(C(=O)O)c1-c1cccnc1. The molecule has 19 heavy (non-hydrogen) atoms. The first-order valence-electron chi connectivity index (χ1n) is 5.73. The summed E-state index contributed by atoms with van der Waals surface area (Å²) in [5.74, 6) is -1.12. The van der Waals surface area contributed by atoms with E-state index < -0.39 is 5.97 Å². The number of aromatic carboxylic acids is 1. The van der Waals surface area contributed by atoms with Crippen molar-refractivity contribution in [2.24, 2.45) is 0 Å². The van der Waals surface area contributed by atoms with Gasteiger partial charge in [-0.25, -0.2) is 9.48 Å². The molecule has 0 fully saturated rings. The highest BCUT2D eigenvalue weighted by molar-refractivity contribution is 5.92. The number of aromatic nitrogens is 4. The maximum absolute atomic E-state index is 11.2. The van der Waals surface area contributed by atoms with Gasteiger partial charge in [-0.3, -0.25) is 4.98 Å². The number of carbonyl (C=O) groups is 1. The Balaban J connectivity index is 2.54. The predicted octanol–water partition coefficient (Wildman–Crippen LogP) is 1.25. The van der Waals surface area contributed by atoms with Gasteiger partial charge in [0.25, 0.3) is 0 Å². The summed E-state index contributed by atoms with van der Waals surface area (Å²) in [6.07, 6.45) is 3.21. The Labute approximate surface area is 109 Å². The third-order valence-electron chi connectivity index (χ3n) is 2.66. The molecule has 100 valence electrons. The van der Waals surface area contributed by atoms with Gasteiger partial charge in [0.15, 0.2) is 5.69 Å². The van der Waals surface area contributed by atoms with E-state index in [1.807, 2.05) is 6.92 Å². The molecule has 1 atom stereocenters. The lowest BCUT2D eigenvalue weighted by Gasteiger charge is -2.13. The first-order valence-corrected chi connectivity index (χ1v) is 5.73. The van der Waals surface area contributed by atoms with E-state index >= 15 is 0 Å². The molecule has 0 aliphatic rings. The summed E-state index contributed by atoms with van der Waals surface area (Å²) in [6, 6.07) is 3.38. The number of carboxylic acids is 1. The van der Waals surface area contributed by atoms with E-state index in [0.29, 0.717) is 17.9 Å². The number of ether oxygens (including phenoxy) is 1. The number of hydrogen-bond donors (Lipinski definition) is 1. The molecule has 0 amide bonds. The molecule has 0 radical (unpaired) electrons. The lowest BCUT2D eigenvalue weighted by atomic mass is 10.1. The topological polar surface area (TPSA) is 90.1 Å². The average Bonchev–Trinajstić information content (AvgIpc) is 2.85. The highest BCUT2D eigenvalue weighted by Gasteiger charge is 2.23. The van der Waals surface area contributed by atoms with Crippen LogP contribution in [-0.4, -0.2) is 44.8 Å². The molecular weight excluding hydrogens is 248 g/mol. The summed E-state index contributed by atoms with van der Waals surface area (Å²) < 4.78 is 6.61. The van der Waals surface area contributed by atoms with E-state index in [-0.39, 0.29) is 11.7 Å². The maximum Gasteiger partial charge on any atom is 0.358 e. The minimum atomic E-state index is -1.12. The van der Waals surface area contributed by atoms with E-state index in [0.717, 1.165) is 0 Å².